The van der Waals surface area contributed by atoms with E-state index >= 15 is 0 Å². The lowest BCUT2D eigenvalue weighted by atomic mass is 10.2. The normalized spacial score (nSPS) is 10.5. The molecule has 0 saturated carbocycles. The summed E-state index contributed by atoms with van der Waals surface area (Å²) in [6, 6.07) is 6.24. The van der Waals surface area contributed by atoms with Crippen LogP contribution in [0.2, 0.25) is 5.02 Å². The van der Waals surface area contributed by atoms with Crippen molar-refractivity contribution in [1.29, 1.82) is 0 Å². The molecule has 0 aliphatic carbocycles. The van der Waals surface area contributed by atoms with Crippen molar-refractivity contribution in [2.24, 2.45) is 0 Å². The maximum Gasteiger partial charge on any atom is 0.219 e. The van der Waals surface area contributed by atoms with Crippen molar-refractivity contribution in [3.8, 4) is 11.6 Å². The van der Waals surface area contributed by atoms with E-state index in [0.29, 0.717) is 27.7 Å². The predicted molar refractivity (Wildman–Crippen MR) is 76.2 cm³/mol. The van der Waals surface area contributed by atoms with Gasteiger partial charge in [-0.2, -0.15) is 0 Å². The summed E-state index contributed by atoms with van der Waals surface area (Å²) >= 11 is 9.08. The maximum absolute atomic E-state index is 13.4. The highest BCUT2D eigenvalue weighted by Crippen LogP contribution is 2.26. The molecule has 0 atom stereocenters. The largest absolute Gasteiger partial charge is 0.439 e. The standard InChI is InChI=1S/C13H11BrClFN2O/c1-17-6-8-4-13(18-7-11(8)15)19-9-2-3-10(14)12(16)5-9/h2-5,7,17H,6H2,1H3. The van der Waals surface area contributed by atoms with Crippen LogP contribution < -0.4 is 10.1 Å². The third kappa shape index (κ3) is 3.65. The monoisotopic (exact) mass is 344 g/mol. The highest BCUT2D eigenvalue weighted by Gasteiger charge is 2.06. The SMILES string of the molecule is CNCc1cc(Oc2ccc(Br)c(F)c2)ncc1Cl. The number of pyridine rings is 1. The van der Waals surface area contributed by atoms with Gasteiger partial charge in [0.1, 0.15) is 11.6 Å². The van der Waals surface area contributed by atoms with Gasteiger partial charge >= 0.3 is 0 Å². The molecule has 6 heteroatoms. The zero-order valence-electron chi connectivity index (χ0n) is 10.1. The van der Waals surface area contributed by atoms with Gasteiger partial charge in [0.15, 0.2) is 0 Å². The fourth-order valence-corrected chi connectivity index (χ4v) is 1.92. The Morgan fingerprint density at radius 3 is 2.89 bits per heavy atom. The van der Waals surface area contributed by atoms with Crippen molar-refractivity contribution < 1.29 is 9.13 Å². The molecule has 1 aromatic carbocycles. The molecule has 0 aliphatic rings. The van der Waals surface area contributed by atoms with E-state index in [9.17, 15) is 4.39 Å². The first kappa shape index (κ1) is 14.2. The highest BCUT2D eigenvalue weighted by molar-refractivity contribution is 9.10. The molecule has 0 aliphatic heterocycles. The highest BCUT2D eigenvalue weighted by atomic mass is 79.9. The van der Waals surface area contributed by atoms with E-state index in [4.69, 9.17) is 16.3 Å². The minimum atomic E-state index is -0.387. The third-order valence-electron chi connectivity index (χ3n) is 2.39. The van der Waals surface area contributed by atoms with E-state index in [1.54, 1.807) is 18.2 Å². The van der Waals surface area contributed by atoms with E-state index in [0.717, 1.165) is 5.56 Å². The van der Waals surface area contributed by atoms with Crippen LogP contribution in [0.4, 0.5) is 4.39 Å². The number of rotatable bonds is 4. The van der Waals surface area contributed by atoms with Crippen LogP contribution in [0.3, 0.4) is 0 Å². The topological polar surface area (TPSA) is 34.1 Å². The second-order valence-electron chi connectivity index (χ2n) is 3.82. The van der Waals surface area contributed by atoms with Crippen LogP contribution in [0.1, 0.15) is 5.56 Å². The van der Waals surface area contributed by atoms with Gasteiger partial charge in [0.2, 0.25) is 5.88 Å². The minimum Gasteiger partial charge on any atom is -0.439 e. The van der Waals surface area contributed by atoms with Crippen molar-refractivity contribution in [3.05, 3.63) is 51.3 Å². The van der Waals surface area contributed by atoms with E-state index < -0.39 is 0 Å². The second-order valence-corrected chi connectivity index (χ2v) is 5.08. The molecule has 2 aromatic rings. The number of nitrogens with zero attached hydrogens (tertiary/aromatic N) is 1. The second kappa shape index (κ2) is 6.32. The lowest BCUT2D eigenvalue weighted by Crippen LogP contribution is -2.06. The van der Waals surface area contributed by atoms with Crippen LogP contribution >= 0.6 is 27.5 Å². The Hall–Kier alpha value is -1.17. The van der Waals surface area contributed by atoms with Gasteiger partial charge in [-0.3, -0.25) is 0 Å². The first-order chi connectivity index (χ1) is 9.10. The molecule has 0 bridgehead atoms. The van der Waals surface area contributed by atoms with E-state index in [-0.39, 0.29) is 5.82 Å². The molecule has 0 fully saturated rings. The number of benzene rings is 1. The summed E-state index contributed by atoms with van der Waals surface area (Å²) in [5, 5.41) is 3.56. The van der Waals surface area contributed by atoms with Crippen molar-refractivity contribution in [2.45, 2.75) is 6.54 Å². The predicted octanol–water partition coefficient (Wildman–Crippen LogP) is 4.15. The summed E-state index contributed by atoms with van der Waals surface area (Å²) in [4.78, 5) is 4.05. The Labute approximate surface area is 123 Å². The van der Waals surface area contributed by atoms with E-state index in [2.05, 4.69) is 26.2 Å². The maximum atomic E-state index is 13.4. The van der Waals surface area contributed by atoms with Crippen LogP contribution in [-0.2, 0) is 6.54 Å². The first-order valence-corrected chi connectivity index (χ1v) is 6.69. The molecule has 100 valence electrons. The zero-order chi connectivity index (χ0) is 13.8. The number of hydrogen-bond acceptors (Lipinski definition) is 3. The van der Waals surface area contributed by atoms with Crippen molar-refractivity contribution >= 4 is 27.5 Å². The third-order valence-corrected chi connectivity index (χ3v) is 3.37. The van der Waals surface area contributed by atoms with Crippen molar-refractivity contribution in [2.75, 3.05) is 7.05 Å². The number of ether oxygens (including phenoxy) is 1. The molecular formula is C13H11BrClFN2O. The molecular weight excluding hydrogens is 335 g/mol. The first-order valence-electron chi connectivity index (χ1n) is 5.52. The van der Waals surface area contributed by atoms with Gasteiger partial charge in [0.05, 0.1) is 9.50 Å². The van der Waals surface area contributed by atoms with Gasteiger partial charge in [-0.25, -0.2) is 9.37 Å². The van der Waals surface area contributed by atoms with Crippen LogP contribution in [0, 0.1) is 5.82 Å². The van der Waals surface area contributed by atoms with E-state index in [1.165, 1.54) is 12.3 Å². The Morgan fingerprint density at radius 1 is 1.42 bits per heavy atom. The minimum absolute atomic E-state index is 0.372. The summed E-state index contributed by atoms with van der Waals surface area (Å²) < 4.78 is 19.3. The number of hydrogen-bond donors (Lipinski definition) is 1. The van der Waals surface area contributed by atoms with Crippen molar-refractivity contribution in [3.63, 3.8) is 0 Å². The lowest BCUT2D eigenvalue weighted by molar-refractivity contribution is 0.456. The molecule has 0 saturated heterocycles. The van der Waals surface area contributed by atoms with Crippen molar-refractivity contribution in [1.82, 2.24) is 10.3 Å². The van der Waals surface area contributed by atoms with Gasteiger partial charge < -0.3 is 10.1 Å². The van der Waals surface area contributed by atoms with Gasteiger partial charge in [0, 0.05) is 24.9 Å². The van der Waals surface area contributed by atoms with Crippen LogP contribution in [0.5, 0.6) is 11.6 Å². The number of aromatic nitrogens is 1. The zero-order valence-corrected chi connectivity index (χ0v) is 12.4. The lowest BCUT2D eigenvalue weighted by Gasteiger charge is -2.08. The Kier molecular flexibility index (Phi) is 4.74. The average molecular weight is 346 g/mol. The van der Waals surface area contributed by atoms with E-state index in [1.807, 2.05) is 7.05 Å². The molecule has 0 unspecified atom stereocenters. The quantitative estimate of drug-likeness (QED) is 0.904. The summed E-state index contributed by atoms with van der Waals surface area (Å²) in [6.45, 7) is 0.604. The molecule has 19 heavy (non-hydrogen) atoms. The number of nitrogens with one attached hydrogen (secondary N) is 1. The van der Waals surface area contributed by atoms with Crippen LogP contribution in [0.15, 0.2) is 34.9 Å². The summed E-state index contributed by atoms with van der Waals surface area (Å²) in [7, 11) is 1.82. The Morgan fingerprint density at radius 2 is 2.21 bits per heavy atom. The van der Waals surface area contributed by atoms with Gasteiger partial charge in [0.25, 0.3) is 0 Å². The molecule has 0 amide bonds. The smallest absolute Gasteiger partial charge is 0.219 e. The summed E-state index contributed by atoms with van der Waals surface area (Å²) in [6.07, 6.45) is 1.51. The molecule has 0 spiro atoms. The molecule has 2 rings (SSSR count). The average Bonchev–Trinajstić information content (AvgIpc) is 2.38. The number of halogens is 3. The van der Waals surface area contributed by atoms with Crippen LogP contribution in [0.25, 0.3) is 0 Å². The molecule has 3 nitrogen and oxygen atoms in total. The van der Waals surface area contributed by atoms with Gasteiger partial charge in [-0.1, -0.05) is 11.6 Å². The van der Waals surface area contributed by atoms with Gasteiger partial charge in [-0.15, -0.1) is 0 Å². The van der Waals surface area contributed by atoms with Crippen LogP contribution in [-0.4, -0.2) is 12.0 Å². The molecule has 1 aromatic heterocycles. The molecule has 1 N–H and O–H groups in total. The summed E-state index contributed by atoms with van der Waals surface area (Å²) in [5.74, 6) is 0.365. The fraction of sp³-hybridized carbons (Fsp3) is 0.154. The molecule has 1 heterocycles. The Balaban J connectivity index is 2.22. The van der Waals surface area contributed by atoms with Gasteiger partial charge in [-0.05, 0) is 40.7 Å². The Bertz CT molecular complexity index is 595. The fourth-order valence-electron chi connectivity index (χ4n) is 1.50. The molecule has 0 radical (unpaired) electrons. The summed E-state index contributed by atoms with van der Waals surface area (Å²) in [5.41, 5.74) is 0.867.